The first-order valence-corrected chi connectivity index (χ1v) is 7.41. The van der Waals surface area contributed by atoms with E-state index < -0.39 is 17.9 Å². The number of nitrogens with one attached hydrogen (secondary N) is 2. The van der Waals surface area contributed by atoms with Crippen molar-refractivity contribution in [2.45, 2.75) is 37.8 Å². The fourth-order valence-corrected chi connectivity index (χ4v) is 2.50. The Labute approximate surface area is 125 Å². The van der Waals surface area contributed by atoms with Crippen LogP contribution in [-0.2, 0) is 9.59 Å². The SMILES string of the molecule is O=C(Nc1ccc(Br)cc1)C(=O)NC1CCCCC1O. The van der Waals surface area contributed by atoms with Crippen LogP contribution in [0.15, 0.2) is 28.7 Å². The van der Waals surface area contributed by atoms with Gasteiger partial charge in [0.15, 0.2) is 0 Å². The number of benzene rings is 1. The molecular weight excluding hydrogens is 324 g/mol. The lowest BCUT2D eigenvalue weighted by molar-refractivity contribution is -0.137. The lowest BCUT2D eigenvalue weighted by atomic mass is 9.92. The van der Waals surface area contributed by atoms with E-state index in [9.17, 15) is 14.7 Å². The first kappa shape index (κ1) is 15.0. The van der Waals surface area contributed by atoms with E-state index in [-0.39, 0.29) is 6.04 Å². The van der Waals surface area contributed by atoms with Gasteiger partial charge in [-0.3, -0.25) is 9.59 Å². The quantitative estimate of drug-likeness (QED) is 0.718. The van der Waals surface area contributed by atoms with Crippen LogP contribution in [0.25, 0.3) is 0 Å². The van der Waals surface area contributed by atoms with Crippen LogP contribution in [0.2, 0.25) is 0 Å². The molecule has 108 valence electrons. The van der Waals surface area contributed by atoms with Crippen molar-refractivity contribution in [3.63, 3.8) is 0 Å². The number of carbonyl (C=O) groups is 2. The summed E-state index contributed by atoms with van der Waals surface area (Å²) in [5.74, 6) is -1.43. The predicted octanol–water partition coefficient (Wildman–Crippen LogP) is 1.81. The molecule has 1 fully saturated rings. The molecule has 0 aliphatic heterocycles. The number of hydrogen-bond acceptors (Lipinski definition) is 3. The summed E-state index contributed by atoms with van der Waals surface area (Å²) in [6, 6.07) is 6.62. The van der Waals surface area contributed by atoms with Gasteiger partial charge in [0.05, 0.1) is 12.1 Å². The molecule has 0 saturated heterocycles. The molecule has 0 aromatic heterocycles. The molecular formula is C14H17BrN2O3. The zero-order chi connectivity index (χ0) is 14.5. The second kappa shape index (κ2) is 6.85. The van der Waals surface area contributed by atoms with Crippen LogP contribution in [0.3, 0.4) is 0 Å². The van der Waals surface area contributed by atoms with Crippen LogP contribution in [-0.4, -0.2) is 29.1 Å². The highest BCUT2D eigenvalue weighted by Gasteiger charge is 2.26. The molecule has 3 N–H and O–H groups in total. The summed E-state index contributed by atoms with van der Waals surface area (Å²) >= 11 is 3.29. The number of rotatable bonds is 2. The third-order valence-electron chi connectivity index (χ3n) is 3.35. The van der Waals surface area contributed by atoms with Gasteiger partial charge < -0.3 is 15.7 Å². The molecule has 0 bridgehead atoms. The van der Waals surface area contributed by atoms with E-state index in [1.807, 2.05) is 0 Å². The lowest BCUT2D eigenvalue weighted by Gasteiger charge is -2.27. The van der Waals surface area contributed by atoms with Gasteiger partial charge in [0, 0.05) is 10.2 Å². The zero-order valence-electron chi connectivity index (χ0n) is 10.9. The monoisotopic (exact) mass is 340 g/mol. The van der Waals surface area contributed by atoms with E-state index in [2.05, 4.69) is 26.6 Å². The molecule has 6 heteroatoms. The van der Waals surface area contributed by atoms with E-state index in [0.29, 0.717) is 18.5 Å². The van der Waals surface area contributed by atoms with E-state index in [1.165, 1.54) is 0 Å². The molecule has 1 aromatic rings. The molecule has 5 nitrogen and oxygen atoms in total. The minimum atomic E-state index is -0.718. The van der Waals surface area contributed by atoms with Crippen molar-refractivity contribution < 1.29 is 14.7 Å². The van der Waals surface area contributed by atoms with Crippen LogP contribution in [0.1, 0.15) is 25.7 Å². The molecule has 2 amide bonds. The number of hydrogen-bond donors (Lipinski definition) is 3. The summed E-state index contributed by atoms with van der Waals surface area (Å²) in [7, 11) is 0. The van der Waals surface area contributed by atoms with Gasteiger partial charge in [-0.2, -0.15) is 0 Å². The van der Waals surface area contributed by atoms with Gasteiger partial charge in [0.1, 0.15) is 0 Å². The van der Waals surface area contributed by atoms with Gasteiger partial charge in [-0.15, -0.1) is 0 Å². The van der Waals surface area contributed by atoms with Crippen LogP contribution in [0.5, 0.6) is 0 Å². The standard InChI is InChI=1S/C14H17BrN2O3/c15-9-5-7-10(8-6-9)16-13(19)14(20)17-11-3-1-2-4-12(11)18/h5-8,11-12,18H,1-4H2,(H,16,19)(H,17,20). The molecule has 0 spiro atoms. The van der Waals surface area contributed by atoms with Gasteiger partial charge in [-0.1, -0.05) is 28.8 Å². The van der Waals surface area contributed by atoms with E-state index >= 15 is 0 Å². The van der Waals surface area contributed by atoms with Gasteiger partial charge >= 0.3 is 11.8 Å². The maximum Gasteiger partial charge on any atom is 0.313 e. The summed E-state index contributed by atoms with van der Waals surface area (Å²) in [4.78, 5) is 23.5. The van der Waals surface area contributed by atoms with Crippen molar-refractivity contribution in [2.24, 2.45) is 0 Å². The highest BCUT2D eigenvalue weighted by Crippen LogP contribution is 2.18. The van der Waals surface area contributed by atoms with Crippen molar-refractivity contribution >= 4 is 33.4 Å². The highest BCUT2D eigenvalue weighted by molar-refractivity contribution is 9.10. The Morgan fingerprint density at radius 2 is 1.75 bits per heavy atom. The number of aliphatic hydroxyl groups is 1. The maximum atomic E-state index is 11.8. The van der Waals surface area contributed by atoms with Crippen molar-refractivity contribution in [1.82, 2.24) is 5.32 Å². The van der Waals surface area contributed by atoms with E-state index in [4.69, 9.17) is 0 Å². The average molecular weight is 341 g/mol. The average Bonchev–Trinajstić information content (AvgIpc) is 2.44. The minimum Gasteiger partial charge on any atom is -0.391 e. The fourth-order valence-electron chi connectivity index (χ4n) is 2.23. The number of amides is 2. The first-order chi connectivity index (χ1) is 9.56. The third-order valence-corrected chi connectivity index (χ3v) is 3.88. The Bertz CT molecular complexity index is 490. The Balaban J connectivity index is 1.88. The molecule has 1 aliphatic rings. The number of anilines is 1. The van der Waals surface area contributed by atoms with Gasteiger partial charge in [-0.25, -0.2) is 0 Å². The Morgan fingerprint density at radius 3 is 2.40 bits per heavy atom. The summed E-state index contributed by atoms with van der Waals surface area (Å²) in [5, 5.41) is 14.9. The lowest BCUT2D eigenvalue weighted by Crippen LogP contribution is -2.48. The predicted molar refractivity (Wildman–Crippen MR) is 79.2 cm³/mol. The summed E-state index contributed by atoms with van der Waals surface area (Å²) in [6.45, 7) is 0. The molecule has 2 rings (SSSR count). The highest BCUT2D eigenvalue weighted by atomic mass is 79.9. The maximum absolute atomic E-state index is 11.8. The normalized spacial score (nSPS) is 22.1. The summed E-state index contributed by atoms with van der Waals surface area (Å²) in [6.07, 6.45) is 2.72. The van der Waals surface area contributed by atoms with Gasteiger partial charge in [0.2, 0.25) is 0 Å². The fraction of sp³-hybridized carbons (Fsp3) is 0.429. The molecule has 1 aliphatic carbocycles. The van der Waals surface area contributed by atoms with Crippen LogP contribution in [0.4, 0.5) is 5.69 Å². The first-order valence-electron chi connectivity index (χ1n) is 6.62. The molecule has 20 heavy (non-hydrogen) atoms. The third kappa shape index (κ3) is 4.05. The second-order valence-corrected chi connectivity index (χ2v) is 5.81. The van der Waals surface area contributed by atoms with Crippen molar-refractivity contribution in [2.75, 3.05) is 5.32 Å². The molecule has 0 heterocycles. The Morgan fingerprint density at radius 1 is 1.10 bits per heavy atom. The van der Waals surface area contributed by atoms with Crippen LogP contribution >= 0.6 is 15.9 Å². The van der Waals surface area contributed by atoms with Gasteiger partial charge in [-0.05, 0) is 37.1 Å². The van der Waals surface area contributed by atoms with E-state index in [1.54, 1.807) is 24.3 Å². The molecule has 2 unspecified atom stereocenters. The second-order valence-electron chi connectivity index (χ2n) is 4.89. The molecule has 0 radical (unpaired) electrons. The summed E-state index contributed by atoms with van der Waals surface area (Å²) in [5.41, 5.74) is 0.553. The Hall–Kier alpha value is -1.40. The zero-order valence-corrected chi connectivity index (χ0v) is 12.5. The van der Waals surface area contributed by atoms with E-state index in [0.717, 1.165) is 17.3 Å². The van der Waals surface area contributed by atoms with Crippen molar-refractivity contribution in [3.05, 3.63) is 28.7 Å². The van der Waals surface area contributed by atoms with Gasteiger partial charge in [0.25, 0.3) is 0 Å². The Kier molecular flexibility index (Phi) is 5.14. The van der Waals surface area contributed by atoms with Crippen LogP contribution < -0.4 is 10.6 Å². The topological polar surface area (TPSA) is 78.4 Å². The van der Waals surface area contributed by atoms with Crippen LogP contribution in [0, 0.1) is 0 Å². The molecule has 1 aromatic carbocycles. The number of halogens is 1. The molecule has 2 atom stereocenters. The number of carbonyl (C=O) groups excluding carboxylic acids is 2. The largest absolute Gasteiger partial charge is 0.391 e. The minimum absolute atomic E-state index is 0.327. The smallest absolute Gasteiger partial charge is 0.313 e. The number of aliphatic hydroxyl groups excluding tert-OH is 1. The molecule has 1 saturated carbocycles. The van der Waals surface area contributed by atoms with Crippen molar-refractivity contribution in [3.8, 4) is 0 Å². The summed E-state index contributed by atoms with van der Waals surface area (Å²) < 4.78 is 0.894. The van der Waals surface area contributed by atoms with Crippen molar-refractivity contribution in [1.29, 1.82) is 0 Å².